The Hall–Kier alpha value is -2.02. The number of hydrogen-bond acceptors (Lipinski definition) is 5. The molecule has 2 rings (SSSR count). The Labute approximate surface area is 146 Å². The van der Waals surface area contributed by atoms with Gasteiger partial charge in [-0.3, -0.25) is 10.1 Å². The summed E-state index contributed by atoms with van der Waals surface area (Å²) in [5.74, 6) is 0. The molecule has 0 saturated carbocycles. The molecule has 8 heteroatoms. The first-order chi connectivity index (χ1) is 11.2. The molecule has 0 spiro atoms. The molecular formula is C16H22ClN3O4. The van der Waals surface area contributed by atoms with Gasteiger partial charge in [-0.25, -0.2) is 4.79 Å². The Kier molecular flexibility index (Phi) is 5.54. The molecule has 1 saturated heterocycles. The minimum atomic E-state index is -0.518. The SMILES string of the molecule is CC(C)(C)OC(=O)N1CCC(Nc2ccc(Cl)cc2[N+](=O)[O-])CC1. The van der Waals surface area contributed by atoms with E-state index in [1.165, 1.54) is 6.07 Å². The van der Waals surface area contributed by atoms with Crippen molar-refractivity contribution >= 4 is 29.1 Å². The fraction of sp³-hybridized carbons (Fsp3) is 0.562. The Balaban J connectivity index is 1.94. The second kappa shape index (κ2) is 7.25. The third kappa shape index (κ3) is 4.99. The van der Waals surface area contributed by atoms with Gasteiger partial charge in [0.15, 0.2) is 0 Å². The van der Waals surface area contributed by atoms with E-state index in [4.69, 9.17) is 16.3 Å². The molecule has 1 amide bonds. The van der Waals surface area contributed by atoms with E-state index in [9.17, 15) is 14.9 Å². The molecule has 0 aromatic heterocycles. The van der Waals surface area contributed by atoms with E-state index in [0.717, 1.165) is 0 Å². The minimum Gasteiger partial charge on any atom is -0.444 e. The van der Waals surface area contributed by atoms with Gasteiger partial charge in [-0.15, -0.1) is 0 Å². The van der Waals surface area contributed by atoms with Crippen LogP contribution in [0.15, 0.2) is 18.2 Å². The van der Waals surface area contributed by atoms with Crippen LogP contribution in [0.2, 0.25) is 5.02 Å². The van der Waals surface area contributed by atoms with Crippen LogP contribution in [-0.4, -0.2) is 40.6 Å². The number of nitrogens with one attached hydrogen (secondary N) is 1. The molecule has 7 nitrogen and oxygen atoms in total. The molecule has 0 unspecified atom stereocenters. The van der Waals surface area contributed by atoms with Gasteiger partial charge in [0.2, 0.25) is 0 Å². The zero-order valence-corrected chi connectivity index (χ0v) is 14.8. The number of anilines is 1. The maximum absolute atomic E-state index is 12.0. The summed E-state index contributed by atoms with van der Waals surface area (Å²) in [6, 6.07) is 4.62. The first-order valence-corrected chi connectivity index (χ1v) is 8.22. The molecule has 1 aromatic rings. The number of nitro groups is 1. The Morgan fingerprint density at radius 3 is 2.54 bits per heavy atom. The van der Waals surface area contributed by atoms with Crippen molar-refractivity contribution in [2.24, 2.45) is 0 Å². The van der Waals surface area contributed by atoms with E-state index < -0.39 is 10.5 Å². The molecule has 1 aliphatic heterocycles. The number of benzene rings is 1. The van der Waals surface area contributed by atoms with Gasteiger partial charge in [-0.05, 0) is 45.7 Å². The van der Waals surface area contributed by atoms with Crippen LogP contribution in [0.1, 0.15) is 33.6 Å². The summed E-state index contributed by atoms with van der Waals surface area (Å²) in [6.45, 7) is 6.60. The molecule has 0 bridgehead atoms. The van der Waals surface area contributed by atoms with Crippen molar-refractivity contribution in [2.75, 3.05) is 18.4 Å². The van der Waals surface area contributed by atoms with Crippen LogP contribution in [-0.2, 0) is 4.74 Å². The summed E-state index contributed by atoms with van der Waals surface area (Å²) in [4.78, 5) is 24.4. The standard InChI is InChI=1S/C16H22ClN3O4/c1-16(2,3)24-15(21)19-8-6-12(7-9-19)18-13-5-4-11(17)10-14(13)20(22)23/h4-5,10,12,18H,6-9H2,1-3H3. The van der Waals surface area contributed by atoms with Crippen LogP contribution >= 0.6 is 11.6 Å². The lowest BCUT2D eigenvalue weighted by molar-refractivity contribution is -0.384. The van der Waals surface area contributed by atoms with Gasteiger partial charge in [-0.1, -0.05) is 11.6 Å². The molecule has 1 heterocycles. The Morgan fingerprint density at radius 2 is 2.00 bits per heavy atom. The van der Waals surface area contributed by atoms with Gasteiger partial charge in [0.25, 0.3) is 5.69 Å². The molecule has 132 valence electrons. The molecule has 0 atom stereocenters. The highest BCUT2D eigenvalue weighted by Gasteiger charge is 2.27. The number of halogens is 1. The number of carbonyl (C=O) groups excluding carboxylic acids is 1. The number of rotatable bonds is 3. The predicted molar refractivity (Wildman–Crippen MR) is 92.6 cm³/mol. The number of likely N-dealkylation sites (tertiary alicyclic amines) is 1. The number of hydrogen-bond donors (Lipinski definition) is 1. The van der Waals surface area contributed by atoms with Crippen molar-refractivity contribution in [1.82, 2.24) is 4.90 Å². The van der Waals surface area contributed by atoms with Gasteiger partial charge >= 0.3 is 6.09 Å². The maximum atomic E-state index is 12.0. The zero-order chi connectivity index (χ0) is 17.9. The summed E-state index contributed by atoms with van der Waals surface area (Å²) < 4.78 is 5.36. The Bertz CT molecular complexity index is 622. The first kappa shape index (κ1) is 18.3. The third-order valence-electron chi connectivity index (χ3n) is 3.66. The van der Waals surface area contributed by atoms with Gasteiger partial charge in [0.1, 0.15) is 11.3 Å². The molecule has 24 heavy (non-hydrogen) atoms. The van der Waals surface area contributed by atoms with Gasteiger partial charge < -0.3 is 15.0 Å². The van der Waals surface area contributed by atoms with Gasteiger partial charge in [-0.2, -0.15) is 0 Å². The maximum Gasteiger partial charge on any atom is 0.410 e. The van der Waals surface area contributed by atoms with Crippen molar-refractivity contribution < 1.29 is 14.5 Å². The number of nitro benzene ring substituents is 1. The predicted octanol–water partition coefficient (Wildman–Crippen LogP) is 4.06. The first-order valence-electron chi connectivity index (χ1n) is 7.84. The van der Waals surface area contributed by atoms with E-state index in [1.807, 2.05) is 20.8 Å². The molecule has 1 N–H and O–H groups in total. The molecule has 1 aromatic carbocycles. The highest BCUT2D eigenvalue weighted by Crippen LogP contribution is 2.29. The lowest BCUT2D eigenvalue weighted by Crippen LogP contribution is -2.44. The fourth-order valence-electron chi connectivity index (χ4n) is 2.53. The van der Waals surface area contributed by atoms with E-state index in [2.05, 4.69) is 5.32 Å². The topological polar surface area (TPSA) is 84.7 Å². The lowest BCUT2D eigenvalue weighted by atomic mass is 10.0. The third-order valence-corrected chi connectivity index (χ3v) is 3.90. The van der Waals surface area contributed by atoms with Gasteiger partial charge in [0.05, 0.1) is 4.92 Å². The molecule has 0 aliphatic carbocycles. The number of ether oxygens (including phenoxy) is 1. The van der Waals surface area contributed by atoms with Crippen molar-refractivity contribution in [1.29, 1.82) is 0 Å². The van der Waals surface area contributed by atoms with Crippen LogP contribution in [0.5, 0.6) is 0 Å². The molecule has 1 fully saturated rings. The van der Waals surface area contributed by atoms with E-state index in [0.29, 0.717) is 36.6 Å². The zero-order valence-electron chi connectivity index (χ0n) is 14.0. The number of carbonyl (C=O) groups is 1. The van der Waals surface area contributed by atoms with Crippen LogP contribution in [0.3, 0.4) is 0 Å². The van der Waals surface area contributed by atoms with Crippen molar-refractivity contribution in [2.45, 2.75) is 45.3 Å². The highest BCUT2D eigenvalue weighted by atomic mass is 35.5. The van der Waals surface area contributed by atoms with Gasteiger partial charge in [0, 0.05) is 30.2 Å². The summed E-state index contributed by atoms with van der Waals surface area (Å²) in [7, 11) is 0. The summed E-state index contributed by atoms with van der Waals surface area (Å²) >= 11 is 5.82. The van der Waals surface area contributed by atoms with Crippen LogP contribution < -0.4 is 5.32 Å². The van der Waals surface area contributed by atoms with E-state index in [-0.39, 0.29) is 17.8 Å². The van der Waals surface area contributed by atoms with Crippen LogP contribution in [0.25, 0.3) is 0 Å². The number of nitrogens with zero attached hydrogens (tertiary/aromatic N) is 2. The van der Waals surface area contributed by atoms with E-state index >= 15 is 0 Å². The van der Waals surface area contributed by atoms with Crippen LogP contribution in [0, 0.1) is 10.1 Å². The largest absolute Gasteiger partial charge is 0.444 e. The highest BCUT2D eigenvalue weighted by molar-refractivity contribution is 6.30. The van der Waals surface area contributed by atoms with Crippen LogP contribution in [0.4, 0.5) is 16.2 Å². The minimum absolute atomic E-state index is 0.0444. The van der Waals surface area contributed by atoms with Crippen molar-refractivity contribution in [3.63, 3.8) is 0 Å². The molecular weight excluding hydrogens is 334 g/mol. The molecule has 0 radical (unpaired) electrons. The quantitative estimate of drug-likeness (QED) is 0.652. The second-order valence-corrected chi connectivity index (χ2v) is 7.24. The summed E-state index contributed by atoms with van der Waals surface area (Å²) in [5, 5.41) is 14.6. The van der Waals surface area contributed by atoms with Crippen molar-refractivity contribution in [3.8, 4) is 0 Å². The fourth-order valence-corrected chi connectivity index (χ4v) is 2.70. The second-order valence-electron chi connectivity index (χ2n) is 6.80. The summed E-state index contributed by atoms with van der Waals surface area (Å²) in [6.07, 6.45) is 1.07. The number of amides is 1. The molecule has 1 aliphatic rings. The van der Waals surface area contributed by atoms with Crippen molar-refractivity contribution in [3.05, 3.63) is 33.3 Å². The smallest absolute Gasteiger partial charge is 0.410 e. The van der Waals surface area contributed by atoms with E-state index in [1.54, 1.807) is 17.0 Å². The normalized spacial score (nSPS) is 15.9. The monoisotopic (exact) mass is 355 g/mol. The lowest BCUT2D eigenvalue weighted by Gasteiger charge is -2.34. The average molecular weight is 356 g/mol. The number of piperidine rings is 1. The summed E-state index contributed by atoms with van der Waals surface area (Å²) in [5.41, 5.74) is -0.118. The Morgan fingerprint density at radius 1 is 1.38 bits per heavy atom. The average Bonchev–Trinajstić information content (AvgIpc) is 2.48.